The number of nitrogens with one attached hydrogen (secondary N) is 1. The molecule has 0 fully saturated rings. The monoisotopic (exact) mass is 290 g/mol. The third-order valence-electron chi connectivity index (χ3n) is 3.47. The summed E-state index contributed by atoms with van der Waals surface area (Å²) in [6.07, 6.45) is 7.50. The minimum absolute atomic E-state index is 0.991. The second-order valence-electron chi connectivity index (χ2n) is 4.95. The molecule has 0 saturated carbocycles. The lowest BCUT2D eigenvalue weighted by molar-refractivity contribution is 1.32. The Morgan fingerprint density at radius 3 is 2.81 bits per heavy atom. The average molecular weight is 290 g/mol. The summed E-state index contributed by atoms with van der Waals surface area (Å²) in [4.78, 5) is 7.23. The van der Waals surface area contributed by atoms with Crippen molar-refractivity contribution in [1.29, 1.82) is 0 Å². The number of para-hydroxylation sites is 1. The Bertz CT molecular complexity index is 773. The van der Waals surface area contributed by atoms with E-state index < -0.39 is 0 Å². The quantitative estimate of drug-likeness (QED) is 0.795. The molecule has 2 nitrogen and oxygen atoms in total. The molecule has 2 aromatic carbocycles. The smallest absolute Gasteiger partial charge is 0.0797 e. The van der Waals surface area contributed by atoms with Crippen molar-refractivity contribution in [1.82, 2.24) is 0 Å². The molecule has 0 aromatic heterocycles. The minimum atomic E-state index is 0.991. The molecule has 4 rings (SSSR count). The van der Waals surface area contributed by atoms with Gasteiger partial charge in [-0.3, -0.25) is 0 Å². The lowest BCUT2D eigenvalue weighted by Crippen LogP contribution is -2.04. The molecule has 1 heterocycles. The van der Waals surface area contributed by atoms with Gasteiger partial charge in [-0.2, -0.15) is 0 Å². The van der Waals surface area contributed by atoms with Gasteiger partial charge in [0, 0.05) is 10.6 Å². The van der Waals surface area contributed by atoms with E-state index in [2.05, 4.69) is 53.9 Å². The van der Waals surface area contributed by atoms with Gasteiger partial charge in [0.1, 0.15) is 0 Å². The molecule has 21 heavy (non-hydrogen) atoms. The molecule has 2 aromatic rings. The summed E-state index contributed by atoms with van der Waals surface area (Å²) >= 11 is 1.80. The summed E-state index contributed by atoms with van der Waals surface area (Å²) in [5.74, 6) is 0. The zero-order chi connectivity index (χ0) is 14.1. The minimum Gasteiger partial charge on any atom is -0.355 e. The van der Waals surface area contributed by atoms with E-state index in [1.54, 1.807) is 11.8 Å². The summed E-state index contributed by atoms with van der Waals surface area (Å²) < 4.78 is 0. The van der Waals surface area contributed by atoms with Crippen molar-refractivity contribution in [3.05, 3.63) is 71.7 Å². The fourth-order valence-electron chi connectivity index (χ4n) is 2.46. The number of fused-ring (bicyclic) bond motifs is 2. The van der Waals surface area contributed by atoms with E-state index >= 15 is 0 Å². The van der Waals surface area contributed by atoms with Gasteiger partial charge in [0.2, 0.25) is 0 Å². The van der Waals surface area contributed by atoms with Crippen molar-refractivity contribution in [3.8, 4) is 0 Å². The Morgan fingerprint density at radius 1 is 1.00 bits per heavy atom. The second-order valence-corrected chi connectivity index (χ2v) is 6.00. The van der Waals surface area contributed by atoms with Gasteiger partial charge < -0.3 is 5.32 Å². The Balaban J connectivity index is 1.75. The third kappa shape index (κ3) is 2.41. The molecule has 1 aliphatic heterocycles. The maximum Gasteiger partial charge on any atom is 0.0797 e. The number of allylic oxidation sites excluding steroid dienone is 4. The van der Waals surface area contributed by atoms with Gasteiger partial charge in [0.05, 0.1) is 22.0 Å². The summed E-state index contributed by atoms with van der Waals surface area (Å²) in [5.41, 5.74) is 4.33. The predicted molar refractivity (Wildman–Crippen MR) is 91.0 cm³/mol. The molecule has 0 spiro atoms. The van der Waals surface area contributed by atoms with E-state index in [1.807, 2.05) is 18.2 Å². The first-order chi connectivity index (χ1) is 10.4. The largest absolute Gasteiger partial charge is 0.355 e. The van der Waals surface area contributed by atoms with Crippen molar-refractivity contribution in [2.24, 2.45) is 4.99 Å². The average Bonchev–Trinajstić information content (AvgIpc) is 2.54. The highest BCUT2D eigenvalue weighted by atomic mass is 32.2. The fraction of sp³-hybridized carbons (Fsp3) is 0.0556. The van der Waals surface area contributed by atoms with E-state index in [0.29, 0.717) is 0 Å². The molecule has 0 radical (unpaired) electrons. The molecule has 1 N–H and O–H groups in total. The zero-order valence-corrected chi connectivity index (χ0v) is 12.2. The topological polar surface area (TPSA) is 24.4 Å². The maximum atomic E-state index is 4.77. The Morgan fingerprint density at radius 2 is 1.90 bits per heavy atom. The summed E-state index contributed by atoms with van der Waals surface area (Å²) in [5, 5.41) is 3.49. The van der Waals surface area contributed by atoms with Crippen molar-refractivity contribution in [2.45, 2.75) is 11.3 Å². The van der Waals surface area contributed by atoms with Crippen LogP contribution in [-0.2, 0) is 0 Å². The molecule has 0 unspecified atom stereocenters. The molecule has 102 valence electrons. The van der Waals surface area contributed by atoms with E-state index in [0.717, 1.165) is 29.2 Å². The Kier molecular flexibility index (Phi) is 3.13. The van der Waals surface area contributed by atoms with Gasteiger partial charge in [-0.25, -0.2) is 4.99 Å². The van der Waals surface area contributed by atoms with Crippen LogP contribution in [0, 0.1) is 0 Å². The molecule has 0 saturated heterocycles. The number of rotatable bonds is 2. The van der Waals surface area contributed by atoms with Crippen LogP contribution in [0.1, 0.15) is 6.42 Å². The molecule has 2 aliphatic rings. The lowest BCUT2D eigenvalue weighted by atomic mass is 10.1. The molecule has 0 atom stereocenters. The Labute approximate surface area is 128 Å². The van der Waals surface area contributed by atoms with Crippen LogP contribution in [0.4, 0.5) is 17.1 Å². The van der Waals surface area contributed by atoms with Gasteiger partial charge in [-0.15, -0.1) is 0 Å². The van der Waals surface area contributed by atoms with Gasteiger partial charge in [-0.1, -0.05) is 48.2 Å². The number of nitrogens with zero attached hydrogens (tertiary/aromatic N) is 1. The van der Waals surface area contributed by atoms with Crippen molar-refractivity contribution in [2.75, 3.05) is 5.32 Å². The lowest BCUT2D eigenvalue weighted by Gasteiger charge is -2.21. The van der Waals surface area contributed by atoms with Crippen LogP contribution in [0.2, 0.25) is 0 Å². The SMILES string of the molecule is C1=CC2=Nc3cccc(Nc4ccccc4)c3SC2=CC1. The highest BCUT2D eigenvalue weighted by Gasteiger charge is 2.20. The number of anilines is 2. The van der Waals surface area contributed by atoms with Crippen LogP contribution in [0.15, 0.2) is 81.6 Å². The van der Waals surface area contributed by atoms with E-state index in [1.165, 1.54) is 9.80 Å². The van der Waals surface area contributed by atoms with Crippen LogP contribution < -0.4 is 5.32 Å². The summed E-state index contributed by atoms with van der Waals surface area (Å²) in [6, 6.07) is 16.5. The van der Waals surface area contributed by atoms with Crippen LogP contribution in [0.25, 0.3) is 0 Å². The molecular formula is C18H14N2S. The standard InChI is InChI=1S/C18H14N2S/c1-2-7-13(8-3-1)19-15-10-6-11-16-18(15)21-17-12-5-4-9-14(17)20-16/h1-4,6-12,19H,5H2. The van der Waals surface area contributed by atoms with E-state index in [-0.39, 0.29) is 0 Å². The predicted octanol–water partition coefficient (Wildman–Crippen LogP) is 5.45. The molecule has 1 aliphatic carbocycles. The number of thioether (sulfide) groups is 1. The maximum absolute atomic E-state index is 4.77. The number of hydrogen-bond acceptors (Lipinski definition) is 3. The van der Waals surface area contributed by atoms with Crippen molar-refractivity contribution >= 4 is 34.5 Å². The summed E-state index contributed by atoms with van der Waals surface area (Å²) in [7, 11) is 0. The molecular weight excluding hydrogens is 276 g/mol. The van der Waals surface area contributed by atoms with Crippen LogP contribution in [0.5, 0.6) is 0 Å². The first kappa shape index (κ1) is 12.5. The fourth-order valence-corrected chi connectivity index (χ4v) is 3.53. The van der Waals surface area contributed by atoms with Crippen molar-refractivity contribution < 1.29 is 0 Å². The number of aliphatic imine (C=N–C) groups is 1. The van der Waals surface area contributed by atoms with Crippen LogP contribution in [0.3, 0.4) is 0 Å². The summed E-state index contributed by atoms with van der Waals surface area (Å²) in [6.45, 7) is 0. The van der Waals surface area contributed by atoms with Gasteiger partial charge in [0.15, 0.2) is 0 Å². The zero-order valence-electron chi connectivity index (χ0n) is 11.4. The van der Waals surface area contributed by atoms with E-state index in [4.69, 9.17) is 4.99 Å². The highest BCUT2D eigenvalue weighted by Crippen LogP contribution is 2.46. The van der Waals surface area contributed by atoms with E-state index in [9.17, 15) is 0 Å². The first-order valence-electron chi connectivity index (χ1n) is 6.99. The van der Waals surface area contributed by atoms with Crippen LogP contribution in [-0.4, -0.2) is 5.71 Å². The number of hydrogen-bond donors (Lipinski definition) is 1. The van der Waals surface area contributed by atoms with Crippen molar-refractivity contribution in [3.63, 3.8) is 0 Å². The molecule has 0 amide bonds. The van der Waals surface area contributed by atoms with Gasteiger partial charge in [0.25, 0.3) is 0 Å². The molecule has 3 heteroatoms. The first-order valence-corrected chi connectivity index (χ1v) is 7.80. The Hall–Kier alpha value is -2.26. The normalized spacial score (nSPS) is 15.6. The second kappa shape index (κ2) is 5.26. The van der Waals surface area contributed by atoms with Crippen LogP contribution >= 0.6 is 11.8 Å². The molecule has 0 bridgehead atoms. The van der Waals surface area contributed by atoms with Gasteiger partial charge in [-0.05, 0) is 36.8 Å². The number of benzene rings is 2. The highest BCUT2D eigenvalue weighted by molar-refractivity contribution is 8.04. The van der Waals surface area contributed by atoms with Gasteiger partial charge >= 0.3 is 0 Å². The third-order valence-corrected chi connectivity index (χ3v) is 4.70.